The molecule has 2 rings (SSSR count). The Kier molecular flexibility index (Phi) is 7.83. The maximum atomic E-state index is 11.8. The van der Waals surface area contributed by atoms with Crippen molar-refractivity contribution >= 4 is 29.6 Å². The summed E-state index contributed by atoms with van der Waals surface area (Å²) in [6, 6.07) is 14.1. The molecule has 4 N–H and O–H groups in total. The van der Waals surface area contributed by atoms with Crippen molar-refractivity contribution in [2.24, 2.45) is 0 Å². The molecule has 1 atom stereocenters. The van der Waals surface area contributed by atoms with Gasteiger partial charge in [0, 0.05) is 17.5 Å². The number of halogens is 1. The molecule has 0 saturated heterocycles. The molecule has 7 nitrogen and oxygen atoms in total. The topological polar surface area (TPSA) is 116 Å². The smallest absolute Gasteiger partial charge is 0.323 e. The summed E-state index contributed by atoms with van der Waals surface area (Å²) < 4.78 is 0. The van der Waals surface area contributed by atoms with Crippen molar-refractivity contribution in [3.8, 4) is 11.1 Å². The monoisotopic (exact) mass is 404 g/mol. The van der Waals surface area contributed by atoms with Gasteiger partial charge in [-0.05, 0) is 41.7 Å². The number of carboxylic acid groups (broad SMARTS) is 2. The van der Waals surface area contributed by atoms with Gasteiger partial charge >= 0.3 is 18.0 Å². The summed E-state index contributed by atoms with van der Waals surface area (Å²) >= 11 is 6.02. The van der Waals surface area contributed by atoms with Gasteiger partial charge in [-0.2, -0.15) is 0 Å². The lowest BCUT2D eigenvalue weighted by molar-refractivity contribution is -0.137. The number of aliphatic carboxylic acids is 2. The lowest BCUT2D eigenvalue weighted by atomic mass is 9.98. The minimum Gasteiger partial charge on any atom is -0.481 e. The van der Waals surface area contributed by atoms with E-state index in [0.29, 0.717) is 11.4 Å². The standard InChI is InChI=1S/C20H21ClN2O5/c21-16-3-1-2-15(11-16)14-6-4-13(5-7-14)10-17(8-9-18(24)25)23-20(28)22-12-19(26)27/h1-7,11,17H,8-10,12H2,(H,24,25)(H,26,27)(H2,22,23,28). The highest BCUT2D eigenvalue weighted by molar-refractivity contribution is 6.30. The molecular formula is C20H21ClN2O5. The summed E-state index contributed by atoms with van der Waals surface area (Å²) in [6.45, 7) is -0.508. The van der Waals surface area contributed by atoms with E-state index in [-0.39, 0.29) is 12.8 Å². The van der Waals surface area contributed by atoms with Crippen molar-refractivity contribution < 1.29 is 24.6 Å². The van der Waals surface area contributed by atoms with E-state index in [1.54, 1.807) is 6.07 Å². The molecular weight excluding hydrogens is 384 g/mol. The summed E-state index contributed by atoms with van der Waals surface area (Å²) in [7, 11) is 0. The maximum Gasteiger partial charge on any atom is 0.323 e. The number of carboxylic acids is 2. The zero-order valence-corrected chi connectivity index (χ0v) is 15.8. The summed E-state index contributed by atoms with van der Waals surface area (Å²) in [5.74, 6) is -2.12. The van der Waals surface area contributed by atoms with Gasteiger partial charge in [-0.3, -0.25) is 9.59 Å². The van der Waals surface area contributed by atoms with E-state index in [9.17, 15) is 14.4 Å². The molecule has 8 heteroatoms. The minimum atomic E-state index is -1.16. The van der Waals surface area contributed by atoms with Gasteiger partial charge in [-0.1, -0.05) is 48.0 Å². The lowest BCUT2D eigenvalue weighted by Gasteiger charge is -2.18. The second kappa shape index (κ2) is 10.3. The first-order chi connectivity index (χ1) is 13.3. The summed E-state index contributed by atoms with van der Waals surface area (Å²) in [5.41, 5.74) is 2.88. The largest absolute Gasteiger partial charge is 0.481 e. The van der Waals surface area contributed by atoms with Crippen LogP contribution in [0.3, 0.4) is 0 Å². The second-order valence-corrected chi connectivity index (χ2v) is 6.70. The van der Waals surface area contributed by atoms with E-state index in [1.807, 2.05) is 42.5 Å². The first kappa shape index (κ1) is 21.2. The molecule has 0 aliphatic carbocycles. The van der Waals surface area contributed by atoms with Gasteiger partial charge < -0.3 is 20.8 Å². The molecule has 2 amide bonds. The lowest BCUT2D eigenvalue weighted by Crippen LogP contribution is -2.44. The van der Waals surface area contributed by atoms with Crippen LogP contribution in [-0.4, -0.2) is 40.8 Å². The normalized spacial score (nSPS) is 11.5. The number of carbonyl (C=O) groups excluding carboxylic acids is 1. The third kappa shape index (κ3) is 7.28. The quantitative estimate of drug-likeness (QED) is 0.512. The molecule has 0 fully saturated rings. The van der Waals surface area contributed by atoms with Gasteiger partial charge in [0.05, 0.1) is 0 Å². The number of nitrogens with one attached hydrogen (secondary N) is 2. The first-order valence-electron chi connectivity index (χ1n) is 8.66. The molecule has 0 saturated carbocycles. The van der Waals surface area contributed by atoms with E-state index in [4.69, 9.17) is 21.8 Å². The van der Waals surface area contributed by atoms with Crippen molar-refractivity contribution in [1.29, 1.82) is 0 Å². The van der Waals surface area contributed by atoms with Crippen LogP contribution in [0.1, 0.15) is 18.4 Å². The zero-order valence-electron chi connectivity index (χ0n) is 15.0. The summed E-state index contributed by atoms with van der Waals surface area (Å²) in [5, 5.41) is 23.0. The zero-order chi connectivity index (χ0) is 20.5. The minimum absolute atomic E-state index is 0.107. The van der Waals surface area contributed by atoms with Gasteiger partial charge in [0.15, 0.2) is 0 Å². The van der Waals surface area contributed by atoms with Crippen molar-refractivity contribution in [1.82, 2.24) is 10.6 Å². The molecule has 28 heavy (non-hydrogen) atoms. The molecule has 0 bridgehead atoms. The molecule has 0 aliphatic rings. The Morgan fingerprint density at radius 1 is 0.964 bits per heavy atom. The number of carbonyl (C=O) groups is 3. The molecule has 0 radical (unpaired) electrons. The van der Waals surface area contributed by atoms with Crippen LogP contribution in [0.2, 0.25) is 5.02 Å². The highest BCUT2D eigenvalue weighted by Gasteiger charge is 2.15. The molecule has 148 valence electrons. The second-order valence-electron chi connectivity index (χ2n) is 6.26. The van der Waals surface area contributed by atoms with Crippen molar-refractivity contribution in [2.75, 3.05) is 6.54 Å². The SMILES string of the molecule is O=C(O)CCC(Cc1ccc(-c2cccc(Cl)c2)cc1)NC(=O)NCC(=O)O. The van der Waals surface area contributed by atoms with Crippen molar-refractivity contribution in [3.63, 3.8) is 0 Å². The molecule has 0 aromatic heterocycles. The molecule has 0 spiro atoms. The van der Waals surface area contributed by atoms with E-state index < -0.39 is 30.6 Å². The van der Waals surface area contributed by atoms with E-state index in [2.05, 4.69) is 10.6 Å². The van der Waals surface area contributed by atoms with Crippen LogP contribution in [0, 0.1) is 0 Å². The Bertz CT molecular complexity index is 839. The van der Waals surface area contributed by atoms with Crippen LogP contribution in [0.4, 0.5) is 4.79 Å². The number of hydrogen-bond acceptors (Lipinski definition) is 3. The third-order valence-corrected chi connectivity index (χ3v) is 4.27. The predicted octanol–water partition coefficient (Wildman–Crippen LogP) is 3.17. The molecule has 0 aliphatic heterocycles. The molecule has 1 unspecified atom stereocenters. The van der Waals surface area contributed by atoms with E-state index >= 15 is 0 Å². The number of hydrogen-bond donors (Lipinski definition) is 4. The number of rotatable bonds is 9. The van der Waals surface area contributed by atoms with E-state index in [0.717, 1.165) is 16.7 Å². The Labute approximate surface area is 167 Å². The Balaban J connectivity index is 2.04. The number of urea groups is 1. The summed E-state index contributed by atoms with van der Waals surface area (Å²) in [4.78, 5) is 33.2. The van der Waals surface area contributed by atoms with Crippen LogP contribution in [0.15, 0.2) is 48.5 Å². The molecule has 2 aromatic rings. The Hall–Kier alpha value is -3.06. The number of benzene rings is 2. The fourth-order valence-electron chi connectivity index (χ4n) is 2.70. The Morgan fingerprint density at radius 3 is 2.29 bits per heavy atom. The molecule has 2 aromatic carbocycles. The predicted molar refractivity (Wildman–Crippen MR) is 105 cm³/mol. The third-order valence-electron chi connectivity index (χ3n) is 4.04. The van der Waals surface area contributed by atoms with Gasteiger partial charge in [0.2, 0.25) is 0 Å². The van der Waals surface area contributed by atoms with Crippen LogP contribution in [-0.2, 0) is 16.0 Å². The highest BCUT2D eigenvalue weighted by atomic mass is 35.5. The van der Waals surface area contributed by atoms with Gasteiger partial charge in [0.25, 0.3) is 0 Å². The van der Waals surface area contributed by atoms with Gasteiger partial charge in [-0.15, -0.1) is 0 Å². The molecule has 0 heterocycles. The van der Waals surface area contributed by atoms with Crippen molar-refractivity contribution in [2.45, 2.75) is 25.3 Å². The highest BCUT2D eigenvalue weighted by Crippen LogP contribution is 2.23. The van der Waals surface area contributed by atoms with Crippen molar-refractivity contribution in [3.05, 3.63) is 59.1 Å². The van der Waals surface area contributed by atoms with Crippen LogP contribution >= 0.6 is 11.6 Å². The first-order valence-corrected chi connectivity index (χ1v) is 9.04. The average Bonchev–Trinajstić information content (AvgIpc) is 2.65. The fraction of sp³-hybridized carbons (Fsp3) is 0.250. The maximum absolute atomic E-state index is 11.8. The summed E-state index contributed by atoms with van der Waals surface area (Å²) in [6.07, 6.45) is 0.542. The Morgan fingerprint density at radius 2 is 1.68 bits per heavy atom. The van der Waals surface area contributed by atoms with Crippen LogP contribution < -0.4 is 10.6 Å². The van der Waals surface area contributed by atoms with Gasteiger partial charge in [0.1, 0.15) is 6.54 Å². The fourth-order valence-corrected chi connectivity index (χ4v) is 2.89. The average molecular weight is 405 g/mol. The van der Waals surface area contributed by atoms with Crippen LogP contribution in [0.5, 0.6) is 0 Å². The van der Waals surface area contributed by atoms with Crippen LogP contribution in [0.25, 0.3) is 11.1 Å². The number of amides is 2. The van der Waals surface area contributed by atoms with Gasteiger partial charge in [-0.25, -0.2) is 4.79 Å². The van der Waals surface area contributed by atoms with E-state index in [1.165, 1.54) is 0 Å².